The topological polar surface area (TPSA) is 49.7 Å². The summed E-state index contributed by atoms with van der Waals surface area (Å²) in [5, 5.41) is 19.4. The summed E-state index contributed by atoms with van der Waals surface area (Å²) in [7, 11) is 1.55. The lowest BCUT2D eigenvalue weighted by atomic mass is 9.92. The first-order chi connectivity index (χ1) is 6.74. The molecule has 74 valence electrons. The Labute approximate surface area is 82.3 Å². The van der Waals surface area contributed by atoms with E-state index in [2.05, 4.69) is 0 Å². The van der Waals surface area contributed by atoms with Crippen molar-refractivity contribution < 1.29 is 14.9 Å². The minimum Gasteiger partial charge on any atom is -0.496 e. The summed E-state index contributed by atoms with van der Waals surface area (Å²) in [5.74, 6) is 0.610. The summed E-state index contributed by atoms with van der Waals surface area (Å²) < 4.78 is 5.13. The Balaban J connectivity index is 2.59. The SMILES string of the molecule is COc1cccc2c1C(O)C=CC2O. The lowest BCUT2D eigenvalue weighted by Gasteiger charge is -2.22. The van der Waals surface area contributed by atoms with Crippen LogP contribution in [-0.4, -0.2) is 17.3 Å². The van der Waals surface area contributed by atoms with Crippen LogP contribution in [0.25, 0.3) is 0 Å². The van der Waals surface area contributed by atoms with Crippen LogP contribution in [-0.2, 0) is 0 Å². The smallest absolute Gasteiger partial charge is 0.125 e. The quantitative estimate of drug-likeness (QED) is 0.660. The Bertz CT molecular complexity index is 371. The second-order valence-electron chi connectivity index (χ2n) is 3.24. The highest BCUT2D eigenvalue weighted by molar-refractivity contribution is 5.47. The van der Waals surface area contributed by atoms with Gasteiger partial charge in [-0.25, -0.2) is 0 Å². The third kappa shape index (κ3) is 1.31. The van der Waals surface area contributed by atoms with E-state index in [-0.39, 0.29) is 0 Å². The van der Waals surface area contributed by atoms with Gasteiger partial charge >= 0.3 is 0 Å². The van der Waals surface area contributed by atoms with E-state index < -0.39 is 12.2 Å². The fourth-order valence-electron chi connectivity index (χ4n) is 1.72. The second kappa shape index (κ2) is 3.44. The molecule has 0 saturated heterocycles. The molecule has 3 nitrogen and oxygen atoms in total. The third-order valence-electron chi connectivity index (χ3n) is 2.41. The van der Waals surface area contributed by atoms with Crippen molar-refractivity contribution in [1.82, 2.24) is 0 Å². The van der Waals surface area contributed by atoms with Crippen LogP contribution < -0.4 is 4.74 Å². The highest BCUT2D eigenvalue weighted by Gasteiger charge is 2.22. The molecule has 2 N–H and O–H groups in total. The molecule has 1 aliphatic rings. The van der Waals surface area contributed by atoms with Crippen molar-refractivity contribution in [2.75, 3.05) is 7.11 Å². The molecule has 0 spiro atoms. The predicted molar refractivity (Wildman–Crippen MR) is 52.1 cm³/mol. The molecular formula is C11H12O3. The summed E-state index contributed by atoms with van der Waals surface area (Å²) in [6.45, 7) is 0. The first-order valence-corrected chi connectivity index (χ1v) is 4.45. The van der Waals surface area contributed by atoms with Gasteiger partial charge in [-0.15, -0.1) is 0 Å². The van der Waals surface area contributed by atoms with Crippen LogP contribution in [0, 0.1) is 0 Å². The van der Waals surface area contributed by atoms with Gasteiger partial charge in [-0.2, -0.15) is 0 Å². The molecular weight excluding hydrogens is 180 g/mol. The zero-order chi connectivity index (χ0) is 10.1. The van der Waals surface area contributed by atoms with Gasteiger partial charge in [0.2, 0.25) is 0 Å². The van der Waals surface area contributed by atoms with Crippen molar-refractivity contribution >= 4 is 0 Å². The molecule has 2 atom stereocenters. The Hall–Kier alpha value is -1.32. The lowest BCUT2D eigenvalue weighted by Crippen LogP contribution is -2.10. The van der Waals surface area contributed by atoms with Crippen molar-refractivity contribution in [2.24, 2.45) is 0 Å². The highest BCUT2D eigenvalue weighted by atomic mass is 16.5. The van der Waals surface area contributed by atoms with E-state index >= 15 is 0 Å². The van der Waals surface area contributed by atoms with Gasteiger partial charge < -0.3 is 14.9 Å². The largest absolute Gasteiger partial charge is 0.496 e. The van der Waals surface area contributed by atoms with E-state index in [9.17, 15) is 10.2 Å². The fraction of sp³-hybridized carbons (Fsp3) is 0.273. The number of aliphatic hydroxyl groups is 2. The van der Waals surface area contributed by atoms with Crippen molar-refractivity contribution in [3.05, 3.63) is 41.5 Å². The molecule has 0 saturated carbocycles. The molecule has 1 aromatic rings. The summed E-state index contributed by atoms with van der Waals surface area (Å²) in [5.41, 5.74) is 1.37. The standard InChI is InChI=1S/C11H12O3/c1-14-10-4-2-3-7-8(12)5-6-9(13)11(7)10/h2-6,8-9,12-13H,1H3. The average molecular weight is 192 g/mol. The molecule has 14 heavy (non-hydrogen) atoms. The van der Waals surface area contributed by atoms with E-state index in [1.54, 1.807) is 37.5 Å². The van der Waals surface area contributed by atoms with E-state index in [0.717, 1.165) is 0 Å². The summed E-state index contributed by atoms with van der Waals surface area (Å²) >= 11 is 0. The minimum atomic E-state index is -0.690. The summed E-state index contributed by atoms with van der Waals surface area (Å²) in [6.07, 6.45) is 1.80. The van der Waals surface area contributed by atoms with E-state index in [0.29, 0.717) is 16.9 Å². The molecule has 1 aromatic carbocycles. The van der Waals surface area contributed by atoms with Gasteiger partial charge in [0, 0.05) is 5.56 Å². The predicted octanol–water partition coefficient (Wildman–Crippen LogP) is 1.33. The number of aliphatic hydroxyl groups excluding tert-OH is 2. The minimum absolute atomic E-state index is 0.610. The van der Waals surface area contributed by atoms with Crippen LogP contribution in [0.3, 0.4) is 0 Å². The molecule has 0 aromatic heterocycles. The number of methoxy groups -OCH3 is 1. The second-order valence-corrected chi connectivity index (χ2v) is 3.24. The highest BCUT2D eigenvalue weighted by Crippen LogP contribution is 2.36. The van der Waals surface area contributed by atoms with E-state index in [1.807, 2.05) is 0 Å². The first kappa shape index (κ1) is 9.24. The van der Waals surface area contributed by atoms with Crippen molar-refractivity contribution in [3.8, 4) is 5.75 Å². The maximum atomic E-state index is 9.71. The van der Waals surface area contributed by atoms with E-state index in [1.165, 1.54) is 0 Å². The molecule has 1 aliphatic carbocycles. The fourth-order valence-corrected chi connectivity index (χ4v) is 1.72. The van der Waals surface area contributed by atoms with E-state index in [4.69, 9.17) is 4.74 Å². The van der Waals surface area contributed by atoms with Crippen LogP contribution in [0.1, 0.15) is 23.3 Å². The van der Waals surface area contributed by atoms with Gasteiger partial charge in [0.25, 0.3) is 0 Å². The number of rotatable bonds is 1. The monoisotopic (exact) mass is 192 g/mol. The summed E-state index contributed by atoms with van der Waals surface area (Å²) in [6, 6.07) is 5.36. The Morgan fingerprint density at radius 3 is 2.57 bits per heavy atom. The van der Waals surface area contributed by atoms with Crippen molar-refractivity contribution in [2.45, 2.75) is 12.2 Å². The Morgan fingerprint density at radius 1 is 1.14 bits per heavy atom. The molecule has 0 bridgehead atoms. The third-order valence-corrected chi connectivity index (χ3v) is 2.41. The Morgan fingerprint density at radius 2 is 1.86 bits per heavy atom. The molecule has 0 radical (unpaired) electrons. The maximum Gasteiger partial charge on any atom is 0.125 e. The Kier molecular flexibility index (Phi) is 2.27. The van der Waals surface area contributed by atoms with Gasteiger partial charge in [0.1, 0.15) is 11.9 Å². The van der Waals surface area contributed by atoms with Crippen molar-refractivity contribution in [1.29, 1.82) is 0 Å². The molecule has 0 heterocycles. The molecule has 2 unspecified atom stereocenters. The number of fused-ring (bicyclic) bond motifs is 1. The number of ether oxygens (including phenoxy) is 1. The molecule has 0 aliphatic heterocycles. The van der Waals surface area contributed by atoms with Crippen LogP contribution in [0.15, 0.2) is 30.4 Å². The van der Waals surface area contributed by atoms with Crippen LogP contribution in [0.5, 0.6) is 5.75 Å². The van der Waals surface area contributed by atoms with Gasteiger partial charge in [0.05, 0.1) is 13.2 Å². The number of hydrogen-bond acceptors (Lipinski definition) is 3. The zero-order valence-corrected chi connectivity index (χ0v) is 7.84. The average Bonchev–Trinajstić information content (AvgIpc) is 2.23. The lowest BCUT2D eigenvalue weighted by molar-refractivity contribution is 0.184. The first-order valence-electron chi connectivity index (χ1n) is 4.45. The van der Waals surface area contributed by atoms with Gasteiger partial charge in [-0.05, 0) is 11.6 Å². The summed E-state index contributed by atoms with van der Waals surface area (Å²) in [4.78, 5) is 0. The van der Waals surface area contributed by atoms with Crippen molar-refractivity contribution in [3.63, 3.8) is 0 Å². The number of benzene rings is 1. The van der Waals surface area contributed by atoms with Crippen LogP contribution in [0.2, 0.25) is 0 Å². The normalized spacial score (nSPS) is 24.5. The molecule has 2 rings (SSSR count). The van der Waals surface area contributed by atoms with Crippen LogP contribution in [0.4, 0.5) is 0 Å². The molecule has 3 heteroatoms. The number of hydrogen-bond donors (Lipinski definition) is 2. The molecule has 0 fully saturated rings. The van der Waals surface area contributed by atoms with Crippen LogP contribution >= 0.6 is 0 Å². The van der Waals surface area contributed by atoms with Gasteiger partial charge in [-0.1, -0.05) is 24.3 Å². The van der Waals surface area contributed by atoms with Gasteiger partial charge in [0.15, 0.2) is 0 Å². The van der Waals surface area contributed by atoms with Gasteiger partial charge in [-0.3, -0.25) is 0 Å². The molecule has 0 amide bonds. The zero-order valence-electron chi connectivity index (χ0n) is 7.84. The maximum absolute atomic E-state index is 9.71.